The standard InChI is InChI=1S/C8H6F3O3/c9-8(10,11)14-7-5(4-12)2-1-3-6(7)13/h1-4,12-13H. The molecule has 77 valence electrons. The molecule has 0 bridgehead atoms. The third-order valence-corrected chi connectivity index (χ3v) is 1.38. The molecule has 0 saturated carbocycles. The average Bonchev–Trinajstić information content (AvgIpc) is 2.06. The SMILES string of the molecule is O[CH]c1cccc(O)c1OC(F)(F)F. The summed E-state index contributed by atoms with van der Waals surface area (Å²) < 4.78 is 38.9. The van der Waals surface area contributed by atoms with Gasteiger partial charge in [0.25, 0.3) is 0 Å². The van der Waals surface area contributed by atoms with Gasteiger partial charge in [-0.3, -0.25) is 0 Å². The van der Waals surface area contributed by atoms with E-state index in [9.17, 15) is 13.2 Å². The van der Waals surface area contributed by atoms with Crippen molar-refractivity contribution < 1.29 is 28.1 Å². The Kier molecular flexibility index (Phi) is 2.85. The first-order chi connectivity index (χ1) is 6.44. The lowest BCUT2D eigenvalue weighted by Gasteiger charge is -2.12. The predicted octanol–water partition coefficient (Wildman–Crippen LogP) is 2.17. The van der Waals surface area contributed by atoms with Crippen LogP contribution in [0, 0.1) is 6.61 Å². The Labute approximate surface area is 77.4 Å². The van der Waals surface area contributed by atoms with Crippen molar-refractivity contribution in [3.05, 3.63) is 30.4 Å². The van der Waals surface area contributed by atoms with Crippen LogP contribution in [0.2, 0.25) is 0 Å². The molecular formula is C8H6F3O3. The number of halogens is 3. The molecule has 0 aliphatic heterocycles. The Morgan fingerprint density at radius 1 is 1.29 bits per heavy atom. The molecule has 6 heteroatoms. The minimum Gasteiger partial charge on any atom is -0.504 e. The highest BCUT2D eigenvalue weighted by Gasteiger charge is 2.33. The van der Waals surface area contributed by atoms with E-state index in [0.29, 0.717) is 6.61 Å². The second-order valence-electron chi connectivity index (χ2n) is 2.37. The summed E-state index contributed by atoms with van der Waals surface area (Å²) in [6, 6.07) is 3.47. The van der Waals surface area contributed by atoms with E-state index < -0.39 is 17.9 Å². The number of aromatic hydroxyl groups is 1. The van der Waals surface area contributed by atoms with Gasteiger partial charge in [-0.2, -0.15) is 0 Å². The topological polar surface area (TPSA) is 49.7 Å². The Bertz CT molecular complexity index is 322. The molecule has 0 atom stereocenters. The minimum absolute atomic E-state index is 0.248. The third-order valence-electron chi connectivity index (χ3n) is 1.38. The van der Waals surface area contributed by atoms with Crippen LogP contribution in [0.3, 0.4) is 0 Å². The molecule has 2 N–H and O–H groups in total. The molecule has 0 aliphatic rings. The zero-order valence-corrected chi connectivity index (χ0v) is 6.75. The highest BCUT2D eigenvalue weighted by atomic mass is 19.4. The lowest BCUT2D eigenvalue weighted by molar-refractivity contribution is -0.275. The van der Waals surface area contributed by atoms with Gasteiger partial charge in [0.15, 0.2) is 11.5 Å². The molecule has 0 amide bonds. The van der Waals surface area contributed by atoms with Gasteiger partial charge < -0.3 is 14.9 Å². The van der Waals surface area contributed by atoms with E-state index in [-0.39, 0.29) is 5.56 Å². The number of phenols is 1. The fourth-order valence-electron chi connectivity index (χ4n) is 0.871. The Morgan fingerprint density at radius 2 is 1.93 bits per heavy atom. The van der Waals surface area contributed by atoms with E-state index in [1.807, 2.05) is 0 Å². The lowest BCUT2D eigenvalue weighted by atomic mass is 10.2. The van der Waals surface area contributed by atoms with Gasteiger partial charge >= 0.3 is 6.36 Å². The zero-order valence-electron chi connectivity index (χ0n) is 6.75. The summed E-state index contributed by atoms with van der Waals surface area (Å²) in [5.74, 6) is -1.51. The average molecular weight is 207 g/mol. The molecule has 0 fully saturated rings. The van der Waals surface area contributed by atoms with Gasteiger partial charge in [-0.1, -0.05) is 12.1 Å². The number of hydrogen-bond acceptors (Lipinski definition) is 3. The van der Waals surface area contributed by atoms with E-state index in [0.717, 1.165) is 6.07 Å². The van der Waals surface area contributed by atoms with Crippen molar-refractivity contribution in [1.29, 1.82) is 0 Å². The number of para-hydroxylation sites is 1. The van der Waals surface area contributed by atoms with E-state index in [4.69, 9.17) is 10.2 Å². The van der Waals surface area contributed by atoms with Crippen LogP contribution < -0.4 is 4.74 Å². The monoisotopic (exact) mass is 207 g/mol. The summed E-state index contributed by atoms with van der Waals surface area (Å²) in [6.45, 7) is 0.417. The number of phenolic OH excluding ortho intramolecular Hbond substituents is 1. The van der Waals surface area contributed by atoms with Crippen LogP contribution >= 0.6 is 0 Å². The summed E-state index contributed by atoms with van der Waals surface area (Å²) >= 11 is 0. The van der Waals surface area contributed by atoms with Crippen molar-refractivity contribution in [3.8, 4) is 11.5 Å². The molecule has 0 heterocycles. The van der Waals surface area contributed by atoms with Crippen LogP contribution in [-0.2, 0) is 0 Å². The van der Waals surface area contributed by atoms with Crippen molar-refractivity contribution in [2.45, 2.75) is 6.36 Å². The summed E-state index contributed by atoms with van der Waals surface area (Å²) in [7, 11) is 0. The second-order valence-corrected chi connectivity index (χ2v) is 2.37. The van der Waals surface area contributed by atoms with Gasteiger partial charge in [0, 0.05) is 5.56 Å². The second kappa shape index (κ2) is 3.75. The van der Waals surface area contributed by atoms with E-state index >= 15 is 0 Å². The molecule has 0 saturated heterocycles. The lowest BCUT2D eigenvalue weighted by Crippen LogP contribution is -2.18. The van der Waals surface area contributed by atoms with Gasteiger partial charge in [0.05, 0.1) is 0 Å². The number of rotatable bonds is 2. The predicted molar refractivity (Wildman–Crippen MR) is 40.1 cm³/mol. The zero-order chi connectivity index (χ0) is 10.8. The van der Waals surface area contributed by atoms with Gasteiger partial charge in [-0.15, -0.1) is 13.2 Å². The van der Waals surface area contributed by atoms with Crippen molar-refractivity contribution in [2.75, 3.05) is 0 Å². The normalized spacial score (nSPS) is 11.4. The summed E-state index contributed by atoms with van der Waals surface area (Å²) in [5, 5.41) is 17.6. The first-order valence-electron chi connectivity index (χ1n) is 3.49. The summed E-state index contributed by atoms with van der Waals surface area (Å²) in [5.41, 5.74) is -0.248. The Hall–Kier alpha value is -1.43. The molecular weight excluding hydrogens is 201 g/mol. The van der Waals surface area contributed by atoms with Gasteiger partial charge in [-0.25, -0.2) is 0 Å². The van der Waals surface area contributed by atoms with Crippen molar-refractivity contribution in [2.24, 2.45) is 0 Å². The van der Waals surface area contributed by atoms with Crippen molar-refractivity contribution in [3.63, 3.8) is 0 Å². The smallest absolute Gasteiger partial charge is 0.504 e. The van der Waals surface area contributed by atoms with Crippen molar-refractivity contribution >= 4 is 0 Å². The molecule has 0 aromatic heterocycles. The van der Waals surface area contributed by atoms with Crippen LogP contribution in [0.4, 0.5) is 13.2 Å². The molecule has 1 aromatic carbocycles. The number of aliphatic hydroxyl groups excluding tert-OH is 1. The number of hydrogen-bond donors (Lipinski definition) is 2. The van der Waals surface area contributed by atoms with Crippen LogP contribution in [0.1, 0.15) is 5.56 Å². The van der Waals surface area contributed by atoms with E-state index in [2.05, 4.69) is 4.74 Å². The highest BCUT2D eigenvalue weighted by Crippen LogP contribution is 2.34. The maximum Gasteiger partial charge on any atom is 0.573 e. The van der Waals surface area contributed by atoms with E-state index in [1.54, 1.807) is 0 Å². The fourth-order valence-corrected chi connectivity index (χ4v) is 0.871. The van der Waals surface area contributed by atoms with Crippen LogP contribution in [0.5, 0.6) is 11.5 Å². The minimum atomic E-state index is -4.91. The van der Waals surface area contributed by atoms with Crippen molar-refractivity contribution in [1.82, 2.24) is 0 Å². The van der Waals surface area contributed by atoms with E-state index in [1.165, 1.54) is 12.1 Å². The number of alkyl halides is 3. The molecule has 1 radical (unpaired) electrons. The van der Waals surface area contributed by atoms with Gasteiger partial charge in [0.2, 0.25) is 0 Å². The molecule has 1 aromatic rings. The molecule has 0 unspecified atom stereocenters. The Morgan fingerprint density at radius 3 is 2.43 bits per heavy atom. The number of aliphatic hydroxyl groups is 1. The molecule has 14 heavy (non-hydrogen) atoms. The first-order valence-corrected chi connectivity index (χ1v) is 3.49. The maximum absolute atomic E-state index is 11.8. The molecule has 3 nitrogen and oxygen atoms in total. The Balaban J connectivity index is 3.05. The molecule has 0 spiro atoms. The molecule has 1 rings (SSSR count). The summed E-state index contributed by atoms with van der Waals surface area (Å²) in [4.78, 5) is 0. The quantitative estimate of drug-likeness (QED) is 0.781. The highest BCUT2D eigenvalue weighted by molar-refractivity contribution is 5.47. The number of benzene rings is 1. The van der Waals surface area contributed by atoms with Crippen LogP contribution in [0.15, 0.2) is 18.2 Å². The van der Waals surface area contributed by atoms with Gasteiger partial charge in [-0.05, 0) is 6.07 Å². The van der Waals surface area contributed by atoms with Crippen LogP contribution in [-0.4, -0.2) is 16.6 Å². The van der Waals surface area contributed by atoms with Crippen LogP contribution in [0.25, 0.3) is 0 Å². The first kappa shape index (κ1) is 10.6. The molecule has 0 aliphatic carbocycles. The fraction of sp³-hybridized carbons (Fsp3) is 0.125. The summed E-state index contributed by atoms with van der Waals surface area (Å²) in [6.07, 6.45) is -4.91. The maximum atomic E-state index is 11.8. The van der Waals surface area contributed by atoms with Gasteiger partial charge in [0.1, 0.15) is 6.61 Å². The largest absolute Gasteiger partial charge is 0.573 e. The third kappa shape index (κ3) is 2.53. The number of ether oxygens (including phenoxy) is 1.